The Balaban J connectivity index is 2.85. The number of thiophene rings is 1. The van der Waals surface area contributed by atoms with Crippen LogP contribution in [0.1, 0.15) is 25.1 Å². The predicted molar refractivity (Wildman–Crippen MR) is 68.8 cm³/mol. The fraction of sp³-hybridized carbons (Fsp3) is 0.600. The lowest BCUT2D eigenvalue weighted by molar-refractivity contribution is 0.559. The molecule has 0 bridgehead atoms. The molecule has 3 nitrogen and oxygen atoms in total. The second-order valence-electron chi connectivity index (χ2n) is 3.46. The van der Waals surface area contributed by atoms with Gasteiger partial charge in [0.05, 0.1) is 0 Å². The first-order valence-electron chi connectivity index (χ1n) is 5.20. The number of nitrogens with one attached hydrogen (secondary N) is 1. The van der Waals surface area contributed by atoms with Crippen molar-refractivity contribution in [3.63, 3.8) is 0 Å². The molecule has 0 spiro atoms. The topological polar surface area (TPSA) is 46.2 Å². The van der Waals surface area contributed by atoms with Crippen molar-refractivity contribution in [2.75, 3.05) is 5.88 Å². The summed E-state index contributed by atoms with van der Waals surface area (Å²) in [5, 5.41) is 0. The van der Waals surface area contributed by atoms with Crippen LogP contribution in [0.3, 0.4) is 0 Å². The van der Waals surface area contributed by atoms with Gasteiger partial charge in [0.25, 0.3) is 0 Å². The summed E-state index contributed by atoms with van der Waals surface area (Å²) >= 11 is 6.98. The number of hydrogen-bond acceptors (Lipinski definition) is 3. The number of rotatable bonds is 6. The van der Waals surface area contributed by atoms with Crippen LogP contribution < -0.4 is 4.72 Å². The third-order valence-electron chi connectivity index (χ3n) is 2.25. The largest absolute Gasteiger partial charge is 0.250 e. The fourth-order valence-corrected chi connectivity index (χ4v) is 4.21. The molecule has 1 heterocycles. The lowest BCUT2D eigenvalue weighted by Gasteiger charge is -2.12. The Morgan fingerprint density at radius 3 is 2.56 bits per heavy atom. The van der Waals surface area contributed by atoms with E-state index in [1.165, 1.54) is 11.3 Å². The first-order valence-corrected chi connectivity index (χ1v) is 8.03. The summed E-state index contributed by atoms with van der Waals surface area (Å²) in [6, 6.07) is 3.30. The van der Waals surface area contributed by atoms with Gasteiger partial charge in [0.2, 0.25) is 10.0 Å². The molecule has 0 aliphatic carbocycles. The Hall–Kier alpha value is -0.100. The molecule has 0 aliphatic rings. The minimum absolute atomic E-state index is 0.196. The molecule has 16 heavy (non-hydrogen) atoms. The molecule has 92 valence electrons. The molecule has 1 rings (SSSR count). The highest BCUT2D eigenvalue weighted by molar-refractivity contribution is 7.91. The first kappa shape index (κ1) is 14.0. The molecular formula is C10H16ClNO2S2. The SMILES string of the molecule is CCc1ccc(S(=O)(=O)NC(CC)CCl)s1. The van der Waals surface area contributed by atoms with E-state index < -0.39 is 10.0 Å². The predicted octanol–water partition coefficient (Wildman–Crippen LogP) is 2.61. The Morgan fingerprint density at radius 2 is 2.12 bits per heavy atom. The van der Waals surface area contributed by atoms with Gasteiger partial charge in [-0.25, -0.2) is 13.1 Å². The van der Waals surface area contributed by atoms with Gasteiger partial charge in [0.1, 0.15) is 4.21 Å². The van der Waals surface area contributed by atoms with Crippen LogP contribution >= 0.6 is 22.9 Å². The van der Waals surface area contributed by atoms with Gasteiger partial charge in [-0.15, -0.1) is 22.9 Å². The van der Waals surface area contributed by atoms with Gasteiger partial charge in [0, 0.05) is 16.8 Å². The maximum Gasteiger partial charge on any atom is 0.250 e. The minimum Gasteiger partial charge on any atom is -0.206 e. The third kappa shape index (κ3) is 3.45. The van der Waals surface area contributed by atoms with Crippen molar-refractivity contribution >= 4 is 33.0 Å². The van der Waals surface area contributed by atoms with Crippen LogP contribution in [-0.4, -0.2) is 20.3 Å². The summed E-state index contributed by atoms with van der Waals surface area (Å²) < 4.78 is 26.8. The van der Waals surface area contributed by atoms with Crippen LogP contribution in [0.4, 0.5) is 0 Å². The van der Waals surface area contributed by atoms with Gasteiger partial charge in [-0.05, 0) is 25.0 Å². The first-order chi connectivity index (χ1) is 7.53. The molecule has 0 aliphatic heterocycles. The van der Waals surface area contributed by atoms with Crippen LogP contribution in [-0.2, 0) is 16.4 Å². The molecule has 0 fully saturated rings. The Labute approximate surface area is 106 Å². The molecule has 1 atom stereocenters. The van der Waals surface area contributed by atoms with E-state index >= 15 is 0 Å². The molecule has 1 N–H and O–H groups in total. The zero-order chi connectivity index (χ0) is 12.2. The van der Waals surface area contributed by atoms with Gasteiger partial charge in [-0.2, -0.15) is 0 Å². The second-order valence-corrected chi connectivity index (χ2v) is 6.87. The molecule has 0 saturated heterocycles. The molecule has 1 aromatic rings. The third-order valence-corrected chi connectivity index (χ3v) is 5.87. The van der Waals surface area contributed by atoms with Crippen LogP contribution in [0.5, 0.6) is 0 Å². The molecule has 1 unspecified atom stereocenters. The highest BCUT2D eigenvalue weighted by Gasteiger charge is 2.20. The van der Waals surface area contributed by atoms with Crippen molar-refractivity contribution in [2.45, 2.75) is 36.9 Å². The van der Waals surface area contributed by atoms with Crippen molar-refractivity contribution in [2.24, 2.45) is 0 Å². The fourth-order valence-electron chi connectivity index (χ4n) is 1.19. The van der Waals surface area contributed by atoms with Gasteiger partial charge in [0.15, 0.2) is 0 Å². The van der Waals surface area contributed by atoms with Crippen LogP contribution in [0.25, 0.3) is 0 Å². The van der Waals surface area contributed by atoms with Gasteiger partial charge >= 0.3 is 0 Å². The normalized spacial score (nSPS) is 13.9. The molecule has 0 amide bonds. The van der Waals surface area contributed by atoms with Crippen LogP contribution in [0, 0.1) is 0 Å². The van der Waals surface area contributed by atoms with Crippen molar-refractivity contribution in [1.82, 2.24) is 4.72 Å². The summed E-state index contributed by atoms with van der Waals surface area (Å²) in [4.78, 5) is 1.07. The summed E-state index contributed by atoms with van der Waals surface area (Å²) in [5.41, 5.74) is 0. The van der Waals surface area contributed by atoms with E-state index in [-0.39, 0.29) is 6.04 Å². The van der Waals surface area contributed by atoms with Gasteiger partial charge < -0.3 is 0 Å². The summed E-state index contributed by atoms with van der Waals surface area (Å²) in [5.74, 6) is 0.293. The second kappa shape index (κ2) is 6.00. The average Bonchev–Trinajstić information content (AvgIpc) is 2.75. The van der Waals surface area contributed by atoms with E-state index in [2.05, 4.69) is 4.72 Å². The molecular weight excluding hydrogens is 266 g/mol. The maximum atomic E-state index is 11.9. The molecule has 1 aromatic heterocycles. The molecule has 0 radical (unpaired) electrons. The number of aryl methyl sites for hydroxylation is 1. The quantitative estimate of drug-likeness (QED) is 0.815. The van der Waals surface area contributed by atoms with Crippen molar-refractivity contribution in [3.8, 4) is 0 Å². The smallest absolute Gasteiger partial charge is 0.206 e. The van der Waals surface area contributed by atoms with Gasteiger partial charge in [-0.3, -0.25) is 0 Å². The van der Waals surface area contributed by atoms with E-state index in [1.807, 2.05) is 19.9 Å². The maximum absolute atomic E-state index is 11.9. The Kier molecular flexibility index (Phi) is 5.24. The minimum atomic E-state index is -3.39. The zero-order valence-electron chi connectivity index (χ0n) is 9.36. The molecule has 0 aromatic carbocycles. The standard InChI is InChI=1S/C10H16ClNO2S2/c1-3-8(7-11)12-16(13,14)10-6-5-9(4-2)15-10/h5-6,8,12H,3-4,7H2,1-2H3. The van der Waals surface area contributed by atoms with Gasteiger partial charge in [-0.1, -0.05) is 13.8 Å². The van der Waals surface area contributed by atoms with Crippen LogP contribution in [0.15, 0.2) is 16.3 Å². The van der Waals surface area contributed by atoms with E-state index in [1.54, 1.807) is 6.07 Å². The lowest BCUT2D eigenvalue weighted by Crippen LogP contribution is -2.35. The number of halogens is 1. The van der Waals surface area contributed by atoms with Crippen LogP contribution in [0.2, 0.25) is 0 Å². The highest BCUT2D eigenvalue weighted by Crippen LogP contribution is 2.22. The van der Waals surface area contributed by atoms with Crippen molar-refractivity contribution in [3.05, 3.63) is 17.0 Å². The summed E-state index contributed by atoms with van der Waals surface area (Å²) in [7, 11) is -3.39. The summed E-state index contributed by atoms with van der Waals surface area (Å²) in [6.45, 7) is 3.91. The monoisotopic (exact) mass is 281 g/mol. The summed E-state index contributed by atoms with van der Waals surface area (Å²) in [6.07, 6.45) is 1.54. The van der Waals surface area contributed by atoms with E-state index in [0.29, 0.717) is 16.5 Å². The Bertz CT molecular complexity index is 424. The molecule has 0 saturated carbocycles. The molecule has 6 heteroatoms. The van der Waals surface area contributed by atoms with E-state index in [9.17, 15) is 8.42 Å². The zero-order valence-corrected chi connectivity index (χ0v) is 11.8. The number of hydrogen-bond donors (Lipinski definition) is 1. The van der Waals surface area contributed by atoms with Crippen molar-refractivity contribution < 1.29 is 8.42 Å². The number of alkyl halides is 1. The highest BCUT2D eigenvalue weighted by atomic mass is 35.5. The average molecular weight is 282 g/mol. The van der Waals surface area contributed by atoms with Crippen molar-refractivity contribution in [1.29, 1.82) is 0 Å². The van der Waals surface area contributed by atoms with E-state index in [4.69, 9.17) is 11.6 Å². The number of sulfonamides is 1. The lowest BCUT2D eigenvalue weighted by atomic mass is 10.3. The Morgan fingerprint density at radius 1 is 1.44 bits per heavy atom. The van der Waals surface area contributed by atoms with E-state index in [0.717, 1.165) is 11.3 Å².